The number of carbonyl (C=O) groups is 1. The van der Waals surface area contributed by atoms with Gasteiger partial charge in [-0.2, -0.15) is 0 Å². The number of aliphatic hydroxyl groups is 1. The molecule has 2 aliphatic rings. The number of rotatable bonds is 1. The molecule has 2 amide bonds. The van der Waals surface area contributed by atoms with Crippen molar-refractivity contribution in [3.63, 3.8) is 0 Å². The lowest BCUT2D eigenvalue weighted by molar-refractivity contribution is 0.0165. The maximum Gasteiger partial charge on any atom is 0.320 e. The highest BCUT2D eigenvalue weighted by Gasteiger charge is 2.36. The van der Waals surface area contributed by atoms with Crippen molar-refractivity contribution in [2.45, 2.75) is 25.0 Å². The molecule has 0 bridgehead atoms. The molecule has 1 saturated carbocycles. The van der Waals surface area contributed by atoms with Crippen molar-refractivity contribution in [1.82, 2.24) is 9.80 Å². The van der Waals surface area contributed by atoms with Crippen LogP contribution in [0.3, 0.4) is 0 Å². The second-order valence-corrected chi connectivity index (χ2v) is 3.68. The van der Waals surface area contributed by atoms with Gasteiger partial charge in [-0.1, -0.05) is 0 Å². The molecule has 2 rings (SSSR count). The van der Waals surface area contributed by atoms with Gasteiger partial charge in [-0.05, 0) is 12.8 Å². The lowest BCUT2D eigenvalue weighted by Gasteiger charge is -2.38. The second-order valence-electron chi connectivity index (χ2n) is 3.68. The van der Waals surface area contributed by atoms with E-state index in [2.05, 4.69) is 0 Å². The molecule has 0 atom stereocenters. The third-order valence-electron chi connectivity index (χ3n) is 2.53. The Morgan fingerprint density at radius 3 is 2.50 bits per heavy atom. The maximum atomic E-state index is 11.5. The Morgan fingerprint density at radius 1 is 1.50 bits per heavy atom. The Bertz CT molecular complexity index is 197. The summed E-state index contributed by atoms with van der Waals surface area (Å²) in [5, 5.41) is 8.99. The number of nitrogens with zero attached hydrogens (tertiary/aromatic N) is 2. The first-order valence-electron chi connectivity index (χ1n) is 4.38. The van der Waals surface area contributed by atoms with Crippen LogP contribution in [0.15, 0.2) is 0 Å². The average molecular weight is 170 g/mol. The second kappa shape index (κ2) is 2.62. The van der Waals surface area contributed by atoms with Crippen LogP contribution in [-0.2, 0) is 0 Å². The summed E-state index contributed by atoms with van der Waals surface area (Å²) >= 11 is 0. The number of urea groups is 1. The first-order valence-corrected chi connectivity index (χ1v) is 4.38. The number of hydrogen-bond acceptors (Lipinski definition) is 2. The number of β-amino-alcohol motifs (C(OH)–C–C–N with tert-alkyl or cyclic N) is 1. The predicted molar refractivity (Wildman–Crippen MR) is 43.8 cm³/mol. The number of hydrogen-bond donors (Lipinski definition) is 1. The molecule has 1 N–H and O–H groups in total. The predicted octanol–water partition coefficient (Wildman–Crippen LogP) is -0.123. The molecule has 0 radical (unpaired) electrons. The van der Waals surface area contributed by atoms with E-state index >= 15 is 0 Å². The van der Waals surface area contributed by atoms with Crippen LogP contribution in [0, 0.1) is 0 Å². The Kier molecular flexibility index (Phi) is 1.72. The molecule has 0 aromatic carbocycles. The van der Waals surface area contributed by atoms with Gasteiger partial charge in [-0.25, -0.2) is 4.79 Å². The zero-order valence-corrected chi connectivity index (χ0v) is 7.23. The fraction of sp³-hybridized carbons (Fsp3) is 0.875. The SMILES string of the molecule is CN(C(=O)N1CC(O)C1)C1CC1. The fourth-order valence-corrected chi connectivity index (χ4v) is 1.45. The van der Waals surface area contributed by atoms with Crippen molar-refractivity contribution in [1.29, 1.82) is 0 Å². The van der Waals surface area contributed by atoms with Gasteiger partial charge in [-0.3, -0.25) is 0 Å². The summed E-state index contributed by atoms with van der Waals surface area (Å²) in [5.41, 5.74) is 0. The van der Waals surface area contributed by atoms with E-state index in [4.69, 9.17) is 5.11 Å². The van der Waals surface area contributed by atoms with Crippen molar-refractivity contribution in [2.75, 3.05) is 20.1 Å². The highest BCUT2D eigenvalue weighted by Crippen LogP contribution is 2.27. The molecule has 12 heavy (non-hydrogen) atoms. The highest BCUT2D eigenvalue weighted by atomic mass is 16.3. The van der Waals surface area contributed by atoms with Crippen LogP contribution < -0.4 is 0 Å². The summed E-state index contributed by atoms with van der Waals surface area (Å²) < 4.78 is 0. The van der Waals surface area contributed by atoms with Crippen LogP contribution in [0.2, 0.25) is 0 Å². The van der Waals surface area contributed by atoms with Gasteiger partial charge in [0.2, 0.25) is 0 Å². The summed E-state index contributed by atoms with van der Waals surface area (Å²) in [4.78, 5) is 15.0. The Labute approximate surface area is 71.8 Å². The van der Waals surface area contributed by atoms with Crippen LogP contribution in [-0.4, -0.2) is 53.2 Å². The van der Waals surface area contributed by atoms with Gasteiger partial charge >= 0.3 is 6.03 Å². The van der Waals surface area contributed by atoms with Gasteiger partial charge in [-0.15, -0.1) is 0 Å². The van der Waals surface area contributed by atoms with E-state index in [1.807, 2.05) is 7.05 Å². The minimum absolute atomic E-state index is 0.0720. The molecule has 2 fully saturated rings. The van der Waals surface area contributed by atoms with Crippen molar-refractivity contribution in [2.24, 2.45) is 0 Å². The molecule has 0 aromatic heterocycles. The minimum atomic E-state index is -0.290. The number of likely N-dealkylation sites (tertiary alicyclic amines) is 1. The van der Waals surface area contributed by atoms with Crippen molar-refractivity contribution >= 4 is 6.03 Å². The van der Waals surface area contributed by atoms with E-state index in [1.54, 1.807) is 9.80 Å². The fourth-order valence-electron chi connectivity index (χ4n) is 1.45. The number of amides is 2. The van der Waals surface area contributed by atoms with E-state index in [-0.39, 0.29) is 12.1 Å². The van der Waals surface area contributed by atoms with Crippen LogP contribution in [0.1, 0.15) is 12.8 Å². The first-order chi connectivity index (χ1) is 5.68. The molecule has 0 aromatic rings. The molecular weight excluding hydrogens is 156 g/mol. The molecule has 1 aliphatic carbocycles. The quantitative estimate of drug-likeness (QED) is 0.596. The van der Waals surface area contributed by atoms with Crippen LogP contribution in [0.25, 0.3) is 0 Å². The number of carbonyl (C=O) groups excluding carboxylic acids is 1. The third-order valence-corrected chi connectivity index (χ3v) is 2.53. The Morgan fingerprint density at radius 2 is 2.08 bits per heavy atom. The summed E-state index contributed by atoms with van der Waals surface area (Å²) in [6.07, 6.45) is 1.98. The monoisotopic (exact) mass is 170 g/mol. The van der Waals surface area contributed by atoms with Crippen LogP contribution in [0.4, 0.5) is 4.79 Å². The molecule has 0 unspecified atom stereocenters. The molecule has 1 aliphatic heterocycles. The van der Waals surface area contributed by atoms with Crippen molar-refractivity contribution in [3.8, 4) is 0 Å². The molecule has 0 spiro atoms. The van der Waals surface area contributed by atoms with E-state index in [1.165, 1.54) is 0 Å². The van der Waals surface area contributed by atoms with Crippen molar-refractivity contribution in [3.05, 3.63) is 0 Å². The van der Waals surface area contributed by atoms with Gasteiger partial charge < -0.3 is 14.9 Å². The van der Waals surface area contributed by atoms with Gasteiger partial charge in [0.05, 0.1) is 19.2 Å². The van der Waals surface area contributed by atoms with Crippen LogP contribution in [0.5, 0.6) is 0 Å². The third kappa shape index (κ3) is 1.27. The number of aliphatic hydroxyl groups excluding tert-OH is 1. The zero-order chi connectivity index (χ0) is 8.72. The lowest BCUT2D eigenvalue weighted by atomic mass is 10.2. The smallest absolute Gasteiger partial charge is 0.320 e. The normalized spacial score (nSPS) is 23.7. The van der Waals surface area contributed by atoms with Gasteiger partial charge in [0.25, 0.3) is 0 Å². The highest BCUT2D eigenvalue weighted by molar-refractivity contribution is 5.75. The van der Waals surface area contributed by atoms with E-state index in [9.17, 15) is 4.79 Å². The Hall–Kier alpha value is -0.770. The minimum Gasteiger partial charge on any atom is -0.389 e. The summed E-state index contributed by atoms with van der Waals surface area (Å²) in [5.74, 6) is 0. The largest absolute Gasteiger partial charge is 0.389 e. The average Bonchev–Trinajstić information content (AvgIpc) is 2.78. The zero-order valence-electron chi connectivity index (χ0n) is 7.23. The first kappa shape index (κ1) is 7.86. The van der Waals surface area contributed by atoms with E-state index < -0.39 is 0 Å². The molecule has 1 heterocycles. The van der Waals surface area contributed by atoms with Crippen LogP contribution >= 0.6 is 0 Å². The van der Waals surface area contributed by atoms with E-state index in [0.29, 0.717) is 19.1 Å². The standard InChI is InChI=1S/C8H14N2O2/c1-9(6-2-3-6)8(12)10-4-7(11)5-10/h6-7,11H,2-5H2,1H3. The molecule has 4 nitrogen and oxygen atoms in total. The Balaban J connectivity index is 1.83. The van der Waals surface area contributed by atoms with Gasteiger partial charge in [0.15, 0.2) is 0 Å². The molecule has 1 saturated heterocycles. The maximum absolute atomic E-state index is 11.5. The molecule has 4 heteroatoms. The summed E-state index contributed by atoms with van der Waals surface area (Å²) in [6.45, 7) is 1.02. The lowest BCUT2D eigenvalue weighted by Crippen LogP contribution is -2.57. The summed E-state index contributed by atoms with van der Waals surface area (Å²) in [6, 6.07) is 0.540. The topological polar surface area (TPSA) is 43.8 Å². The van der Waals surface area contributed by atoms with Gasteiger partial charge in [0, 0.05) is 13.1 Å². The van der Waals surface area contributed by atoms with E-state index in [0.717, 1.165) is 12.8 Å². The molecule has 68 valence electrons. The molecular formula is C8H14N2O2. The summed E-state index contributed by atoms with van der Waals surface area (Å²) in [7, 11) is 1.84. The van der Waals surface area contributed by atoms with Crippen molar-refractivity contribution < 1.29 is 9.90 Å². The van der Waals surface area contributed by atoms with Gasteiger partial charge in [0.1, 0.15) is 0 Å².